The number of aromatic nitrogens is 1. The Bertz CT molecular complexity index is 322. The lowest BCUT2D eigenvalue weighted by Crippen LogP contribution is -1.66. The largest absolute Gasteiger partial charge is 0.448 e. The second-order valence-electron chi connectivity index (χ2n) is 1.94. The highest BCUT2D eigenvalue weighted by molar-refractivity contribution is 9.10. The first-order valence-corrected chi connectivity index (χ1v) is 3.65. The number of rotatable bonds is 0. The van der Waals surface area contributed by atoms with Gasteiger partial charge in [0.1, 0.15) is 5.52 Å². The van der Waals surface area contributed by atoms with Gasteiger partial charge in [0.2, 0.25) is 0 Å². The van der Waals surface area contributed by atoms with Crippen molar-refractivity contribution < 1.29 is 4.42 Å². The zero-order chi connectivity index (χ0) is 6.97. The number of halogens is 1. The van der Waals surface area contributed by atoms with Crippen LogP contribution in [0, 0.1) is 0 Å². The molecule has 2 heterocycles. The SMILES string of the molecule is Brc1cc2ncccc2o1. The molecular formula is C7H4BrNO. The highest BCUT2D eigenvalue weighted by atomic mass is 79.9. The summed E-state index contributed by atoms with van der Waals surface area (Å²) in [6, 6.07) is 5.57. The fourth-order valence-electron chi connectivity index (χ4n) is 0.839. The van der Waals surface area contributed by atoms with Gasteiger partial charge in [-0.05, 0) is 28.1 Å². The monoisotopic (exact) mass is 197 g/mol. The number of pyridine rings is 1. The van der Waals surface area contributed by atoms with Gasteiger partial charge in [0.15, 0.2) is 10.3 Å². The summed E-state index contributed by atoms with van der Waals surface area (Å²) in [6.07, 6.45) is 1.74. The number of furan rings is 1. The third kappa shape index (κ3) is 0.827. The van der Waals surface area contributed by atoms with Crippen molar-refractivity contribution in [2.45, 2.75) is 0 Å². The average molecular weight is 198 g/mol. The Morgan fingerprint density at radius 3 is 3.20 bits per heavy atom. The molecule has 3 heteroatoms. The van der Waals surface area contributed by atoms with Crippen LogP contribution in [0.3, 0.4) is 0 Å². The fourth-order valence-corrected chi connectivity index (χ4v) is 1.23. The van der Waals surface area contributed by atoms with Crippen LogP contribution < -0.4 is 0 Å². The molecule has 0 unspecified atom stereocenters. The molecule has 2 aromatic rings. The maximum atomic E-state index is 5.22. The normalized spacial score (nSPS) is 10.5. The van der Waals surface area contributed by atoms with Crippen LogP contribution in [-0.2, 0) is 0 Å². The van der Waals surface area contributed by atoms with E-state index in [1.807, 2.05) is 18.2 Å². The van der Waals surface area contributed by atoms with Crippen molar-refractivity contribution in [3.63, 3.8) is 0 Å². The van der Waals surface area contributed by atoms with Crippen molar-refractivity contribution in [2.75, 3.05) is 0 Å². The first-order valence-electron chi connectivity index (χ1n) is 2.86. The minimum Gasteiger partial charge on any atom is -0.448 e. The maximum Gasteiger partial charge on any atom is 0.172 e. The van der Waals surface area contributed by atoms with Gasteiger partial charge >= 0.3 is 0 Å². The Morgan fingerprint density at radius 1 is 1.50 bits per heavy atom. The topological polar surface area (TPSA) is 26.0 Å². The van der Waals surface area contributed by atoms with Gasteiger partial charge in [-0.2, -0.15) is 0 Å². The van der Waals surface area contributed by atoms with Crippen molar-refractivity contribution in [2.24, 2.45) is 0 Å². The molecule has 0 aliphatic rings. The summed E-state index contributed by atoms with van der Waals surface area (Å²) in [5.74, 6) is 0. The van der Waals surface area contributed by atoms with Crippen LogP contribution in [0.15, 0.2) is 33.5 Å². The predicted octanol–water partition coefficient (Wildman–Crippen LogP) is 2.59. The molecule has 10 heavy (non-hydrogen) atoms. The second-order valence-corrected chi connectivity index (χ2v) is 2.72. The third-order valence-electron chi connectivity index (χ3n) is 1.26. The van der Waals surface area contributed by atoms with Crippen molar-refractivity contribution >= 4 is 27.0 Å². The molecule has 50 valence electrons. The van der Waals surface area contributed by atoms with Crippen LogP contribution in [0.2, 0.25) is 0 Å². The molecule has 0 fully saturated rings. The Kier molecular flexibility index (Phi) is 1.24. The molecule has 0 radical (unpaired) electrons. The van der Waals surface area contributed by atoms with Gasteiger partial charge < -0.3 is 4.42 Å². The standard InChI is InChI=1S/C7H4BrNO/c8-7-4-5-6(10-7)2-1-3-9-5/h1-4H. The lowest BCUT2D eigenvalue weighted by molar-refractivity contribution is 0.587. The van der Waals surface area contributed by atoms with Gasteiger partial charge in [-0.15, -0.1) is 0 Å². The van der Waals surface area contributed by atoms with Crippen molar-refractivity contribution in [3.8, 4) is 0 Å². The molecule has 0 aromatic carbocycles. The summed E-state index contributed by atoms with van der Waals surface area (Å²) in [7, 11) is 0. The Hall–Kier alpha value is -0.830. The molecule has 0 spiro atoms. The van der Waals surface area contributed by atoms with Crippen LogP contribution >= 0.6 is 15.9 Å². The molecule has 2 aromatic heterocycles. The molecule has 2 rings (SSSR count). The number of hydrogen-bond acceptors (Lipinski definition) is 2. The molecule has 2 nitrogen and oxygen atoms in total. The number of hydrogen-bond donors (Lipinski definition) is 0. The zero-order valence-corrected chi connectivity index (χ0v) is 6.63. The van der Waals surface area contributed by atoms with E-state index in [-0.39, 0.29) is 0 Å². The minimum absolute atomic E-state index is 0.723. The summed E-state index contributed by atoms with van der Waals surface area (Å²) in [4.78, 5) is 4.08. The van der Waals surface area contributed by atoms with Gasteiger partial charge in [-0.1, -0.05) is 0 Å². The molecule has 0 atom stereocenters. The first kappa shape index (κ1) is 5.92. The zero-order valence-electron chi connectivity index (χ0n) is 5.04. The molecular weight excluding hydrogens is 194 g/mol. The van der Waals surface area contributed by atoms with Crippen molar-refractivity contribution in [1.29, 1.82) is 0 Å². The van der Waals surface area contributed by atoms with E-state index in [4.69, 9.17) is 4.42 Å². The van der Waals surface area contributed by atoms with E-state index in [2.05, 4.69) is 20.9 Å². The van der Waals surface area contributed by atoms with E-state index in [0.717, 1.165) is 15.8 Å². The van der Waals surface area contributed by atoms with Gasteiger partial charge in [0.25, 0.3) is 0 Å². The molecule has 0 aliphatic carbocycles. The van der Waals surface area contributed by atoms with Gasteiger partial charge in [0, 0.05) is 12.3 Å². The van der Waals surface area contributed by atoms with E-state index in [9.17, 15) is 0 Å². The van der Waals surface area contributed by atoms with E-state index in [0.29, 0.717) is 0 Å². The molecule has 0 saturated heterocycles. The lowest BCUT2D eigenvalue weighted by Gasteiger charge is -1.81. The van der Waals surface area contributed by atoms with E-state index in [1.54, 1.807) is 6.20 Å². The highest BCUT2D eigenvalue weighted by Crippen LogP contribution is 2.20. The third-order valence-corrected chi connectivity index (χ3v) is 1.65. The Morgan fingerprint density at radius 2 is 2.40 bits per heavy atom. The van der Waals surface area contributed by atoms with Crippen LogP contribution in [0.1, 0.15) is 0 Å². The molecule has 0 amide bonds. The molecule has 0 saturated carbocycles. The van der Waals surface area contributed by atoms with E-state index >= 15 is 0 Å². The fraction of sp³-hybridized carbons (Fsp3) is 0. The molecule has 0 aliphatic heterocycles. The molecule has 0 bridgehead atoms. The Labute approximate surface area is 66.0 Å². The predicted molar refractivity (Wildman–Crippen MR) is 41.7 cm³/mol. The summed E-state index contributed by atoms with van der Waals surface area (Å²) in [5.41, 5.74) is 1.70. The van der Waals surface area contributed by atoms with Crippen molar-refractivity contribution in [3.05, 3.63) is 29.1 Å². The van der Waals surface area contributed by atoms with E-state index < -0.39 is 0 Å². The van der Waals surface area contributed by atoms with Crippen molar-refractivity contribution in [1.82, 2.24) is 4.98 Å². The molecule has 0 N–H and O–H groups in total. The lowest BCUT2D eigenvalue weighted by atomic mass is 10.4. The van der Waals surface area contributed by atoms with Gasteiger partial charge in [-0.25, -0.2) is 0 Å². The maximum absolute atomic E-state index is 5.22. The van der Waals surface area contributed by atoms with Crippen LogP contribution in [0.5, 0.6) is 0 Å². The summed E-state index contributed by atoms with van der Waals surface area (Å²) < 4.78 is 5.95. The summed E-state index contributed by atoms with van der Waals surface area (Å²) in [5, 5.41) is 0. The van der Waals surface area contributed by atoms with Crippen LogP contribution in [0.25, 0.3) is 11.1 Å². The van der Waals surface area contributed by atoms with Gasteiger partial charge in [-0.3, -0.25) is 4.98 Å². The Balaban J connectivity index is 2.88. The summed E-state index contributed by atoms with van der Waals surface area (Å²) in [6.45, 7) is 0. The average Bonchev–Trinajstić information content (AvgIpc) is 2.27. The highest BCUT2D eigenvalue weighted by Gasteiger charge is 1.98. The van der Waals surface area contributed by atoms with Crippen LogP contribution in [-0.4, -0.2) is 4.98 Å². The smallest absolute Gasteiger partial charge is 0.172 e. The van der Waals surface area contributed by atoms with Crippen LogP contribution in [0.4, 0.5) is 0 Å². The minimum atomic E-state index is 0.723. The number of nitrogens with zero attached hydrogens (tertiary/aromatic N) is 1. The van der Waals surface area contributed by atoms with E-state index in [1.165, 1.54) is 0 Å². The summed E-state index contributed by atoms with van der Waals surface area (Å²) >= 11 is 3.22. The van der Waals surface area contributed by atoms with Gasteiger partial charge in [0.05, 0.1) is 0 Å². The second kappa shape index (κ2) is 2.09. The number of fused-ring (bicyclic) bond motifs is 1. The quantitative estimate of drug-likeness (QED) is 0.650. The first-order chi connectivity index (χ1) is 4.86.